The molecule has 2 rings (SSSR count). The third-order valence-corrected chi connectivity index (χ3v) is 4.22. The Kier molecular flexibility index (Phi) is 5.77. The number of piperidine rings is 1. The highest BCUT2D eigenvalue weighted by atomic mass is 16.2. The molecule has 1 amide bonds. The summed E-state index contributed by atoms with van der Waals surface area (Å²) in [7, 11) is 0. The Morgan fingerprint density at radius 3 is 2.62 bits per heavy atom. The van der Waals surface area contributed by atoms with E-state index in [0.717, 1.165) is 44.3 Å². The molecule has 0 spiro atoms. The first-order chi connectivity index (χ1) is 10.3. The molecule has 0 aromatic heterocycles. The zero-order valence-corrected chi connectivity index (χ0v) is 12.4. The van der Waals surface area contributed by atoms with Crippen molar-refractivity contribution in [2.24, 2.45) is 0 Å². The number of hydrogen-bond donors (Lipinski definition) is 2. The third kappa shape index (κ3) is 3.83. The highest BCUT2D eigenvalue weighted by molar-refractivity contribution is 5.88. The van der Waals surface area contributed by atoms with Crippen molar-refractivity contribution in [3.63, 3.8) is 0 Å². The van der Waals surface area contributed by atoms with Gasteiger partial charge < -0.3 is 10.6 Å². The molecule has 4 heteroatoms. The van der Waals surface area contributed by atoms with Crippen LogP contribution in [0, 0.1) is 11.3 Å². The number of unbranched alkanes of at least 4 members (excludes halogenated alkanes) is 2. The van der Waals surface area contributed by atoms with Crippen molar-refractivity contribution >= 4 is 5.91 Å². The van der Waals surface area contributed by atoms with E-state index in [9.17, 15) is 4.79 Å². The van der Waals surface area contributed by atoms with E-state index in [-0.39, 0.29) is 5.91 Å². The van der Waals surface area contributed by atoms with E-state index in [1.54, 1.807) is 0 Å². The molecule has 0 saturated carbocycles. The van der Waals surface area contributed by atoms with E-state index in [1.165, 1.54) is 0 Å². The number of benzene rings is 1. The first-order valence-electron chi connectivity index (χ1n) is 7.71. The van der Waals surface area contributed by atoms with Crippen LogP contribution in [0.25, 0.3) is 0 Å². The van der Waals surface area contributed by atoms with Gasteiger partial charge in [-0.3, -0.25) is 4.79 Å². The molecule has 1 aromatic carbocycles. The first-order valence-corrected chi connectivity index (χ1v) is 7.71. The summed E-state index contributed by atoms with van der Waals surface area (Å²) in [5.41, 5.74) is 0.711. The molecule has 0 radical (unpaired) electrons. The van der Waals surface area contributed by atoms with Gasteiger partial charge in [-0.2, -0.15) is 5.26 Å². The Morgan fingerprint density at radius 1 is 1.24 bits per heavy atom. The van der Waals surface area contributed by atoms with E-state index < -0.39 is 5.41 Å². The van der Waals surface area contributed by atoms with Crippen LogP contribution in [0.4, 0.5) is 0 Å². The maximum Gasteiger partial charge on any atom is 0.230 e. The van der Waals surface area contributed by atoms with Gasteiger partial charge in [0.05, 0.1) is 11.5 Å². The largest absolute Gasteiger partial charge is 0.355 e. The molecule has 1 aromatic rings. The lowest BCUT2D eigenvalue weighted by Crippen LogP contribution is -2.50. The van der Waals surface area contributed by atoms with E-state index in [2.05, 4.69) is 28.8 Å². The fourth-order valence-corrected chi connectivity index (χ4v) is 2.96. The monoisotopic (exact) mass is 285 g/mol. The molecule has 2 N–H and O–H groups in total. The smallest absolute Gasteiger partial charge is 0.230 e. The minimum Gasteiger partial charge on any atom is -0.355 e. The molecule has 1 aliphatic rings. The normalized spacial score (nSPS) is 16.9. The van der Waals surface area contributed by atoms with E-state index in [0.29, 0.717) is 13.0 Å². The summed E-state index contributed by atoms with van der Waals surface area (Å²) in [5, 5.41) is 14.9. The summed E-state index contributed by atoms with van der Waals surface area (Å²) in [6, 6.07) is 12.2. The van der Waals surface area contributed by atoms with E-state index in [4.69, 9.17) is 5.26 Å². The van der Waals surface area contributed by atoms with Gasteiger partial charge in [-0.1, -0.05) is 30.3 Å². The molecule has 1 aliphatic heterocycles. The minimum atomic E-state index is -0.401. The number of carbonyl (C=O) groups excluding carboxylic acids is 1. The zero-order chi connectivity index (χ0) is 15.0. The third-order valence-electron chi connectivity index (χ3n) is 4.22. The van der Waals surface area contributed by atoms with Gasteiger partial charge in [-0.15, -0.1) is 0 Å². The van der Waals surface area contributed by atoms with Crippen LogP contribution >= 0.6 is 0 Å². The molecule has 4 nitrogen and oxygen atoms in total. The molecule has 1 saturated heterocycles. The van der Waals surface area contributed by atoms with Gasteiger partial charge in [0.1, 0.15) is 0 Å². The van der Waals surface area contributed by atoms with Gasteiger partial charge in [0.15, 0.2) is 0 Å². The SMILES string of the molecule is N#CCCCCNC(=O)C1(c2ccccc2)CCNCC1. The summed E-state index contributed by atoms with van der Waals surface area (Å²) in [6.45, 7) is 2.40. The molecule has 1 heterocycles. The average Bonchev–Trinajstić information content (AvgIpc) is 2.56. The van der Waals surface area contributed by atoms with Crippen molar-refractivity contribution < 1.29 is 4.79 Å². The lowest BCUT2D eigenvalue weighted by Gasteiger charge is -2.36. The summed E-state index contributed by atoms with van der Waals surface area (Å²) < 4.78 is 0. The number of nitrogens with one attached hydrogen (secondary N) is 2. The van der Waals surface area contributed by atoms with Crippen LogP contribution in [0.2, 0.25) is 0 Å². The van der Waals surface area contributed by atoms with Gasteiger partial charge >= 0.3 is 0 Å². The lowest BCUT2D eigenvalue weighted by atomic mass is 9.72. The average molecular weight is 285 g/mol. The predicted molar refractivity (Wildman–Crippen MR) is 82.7 cm³/mol. The molecule has 0 bridgehead atoms. The Bertz CT molecular complexity index is 487. The van der Waals surface area contributed by atoms with Crippen LogP contribution in [-0.2, 0) is 10.2 Å². The van der Waals surface area contributed by atoms with Crippen molar-refractivity contribution in [2.45, 2.75) is 37.5 Å². The summed E-state index contributed by atoms with van der Waals surface area (Å²) in [5.74, 6) is 0.132. The van der Waals surface area contributed by atoms with Crippen molar-refractivity contribution in [1.82, 2.24) is 10.6 Å². The number of carbonyl (C=O) groups is 1. The minimum absolute atomic E-state index is 0.132. The topological polar surface area (TPSA) is 64.9 Å². The van der Waals surface area contributed by atoms with Gasteiger partial charge in [0.25, 0.3) is 0 Å². The van der Waals surface area contributed by atoms with E-state index >= 15 is 0 Å². The molecule has 112 valence electrons. The number of rotatable bonds is 6. The van der Waals surface area contributed by atoms with Crippen molar-refractivity contribution in [3.8, 4) is 6.07 Å². The molecule has 21 heavy (non-hydrogen) atoms. The molecule has 0 aliphatic carbocycles. The second-order valence-corrected chi connectivity index (χ2v) is 5.57. The number of nitriles is 1. The Labute approximate surface area is 126 Å². The fraction of sp³-hybridized carbons (Fsp3) is 0.529. The molecule has 0 unspecified atom stereocenters. The van der Waals surface area contributed by atoms with Crippen molar-refractivity contribution in [1.29, 1.82) is 5.26 Å². The number of nitrogens with zero attached hydrogens (tertiary/aromatic N) is 1. The summed E-state index contributed by atoms with van der Waals surface area (Å²) in [6.07, 6.45) is 3.94. The standard InChI is InChI=1S/C17H23N3O/c18-11-5-2-6-12-20-16(21)17(9-13-19-14-10-17)15-7-3-1-4-8-15/h1,3-4,7-8,19H,2,5-6,9-10,12-14H2,(H,20,21). The van der Waals surface area contributed by atoms with Crippen LogP contribution in [0.15, 0.2) is 30.3 Å². The molecular weight excluding hydrogens is 262 g/mol. The van der Waals surface area contributed by atoms with E-state index in [1.807, 2.05) is 18.2 Å². The second kappa shape index (κ2) is 7.80. The first kappa shape index (κ1) is 15.5. The van der Waals surface area contributed by atoms with Crippen LogP contribution in [0.1, 0.15) is 37.7 Å². The quantitative estimate of drug-likeness (QED) is 0.787. The predicted octanol–water partition coefficient (Wildman–Crippen LogP) is 2.12. The highest BCUT2D eigenvalue weighted by Gasteiger charge is 2.40. The van der Waals surface area contributed by atoms with Crippen LogP contribution < -0.4 is 10.6 Å². The molecule has 1 fully saturated rings. The Morgan fingerprint density at radius 2 is 1.95 bits per heavy atom. The maximum atomic E-state index is 12.7. The van der Waals surface area contributed by atoms with Gasteiger partial charge in [0.2, 0.25) is 5.91 Å². The maximum absolute atomic E-state index is 12.7. The lowest BCUT2D eigenvalue weighted by molar-refractivity contribution is -0.127. The van der Waals surface area contributed by atoms with Crippen molar-refractivity contribution in [2.75, 3.05) is 19.6 Å². The summed E-state index contributed by atoms with van der Waals surface area (Å²) >= 11 is 0. The number of amides is 1. The van der Waals surface area contributed by atoms with Gasteiger partial charge in [-0.25, -0.2) is 0 Å². The van der Waals surface area contributed by atoms with Crippen LogP contribution in [-0.4, -0.2) is 25.5 Å². The highest BCUT2D eigenvalue weighted by Crippen LogP contribution is 2.33. The van der Waals surface area contributed by atoms with Gasteiger partial charge in [0, 0.05) is 13.0 Å². The molecule has 0 atom stereocenters. The number of hydrogen-bond acceptors (Lipinski definition) is 3. The van der Waals surface area contributed by atoms with Crippen LogP contribution in [0.3, 0.4) is 0 Å². The Hall–Kier alpha value is -1.86. The fourth-order valence-electron chi connectivity index (χ4n) is 2.96. The van der Waals surface area contributed by atoms with Crippen molar-refractivity contribution in [3.05, 3.63) is 35.9 Å². The van der Waals surface area contributed by atoms with Gasteiger partial charge in [-0.05, 0) is 44.3 Å². The Balaban J connectivity index is 2.03. The second-order valence-electron chi connectivity index (χ2n) is 5.57. The zero-order valence-electron chi connectivity index (χ0n) is 12.4. The van der Waals surface area contributed by atoms with Crippen LogP contribution in [0.5, 0.6) is 0 Å². The molecular formula is C17H23N3O. The summed E-state index contributed by atoms with van der Waals surface area (Å²) in [4.78, 5) is 12.7.